The number of carbonyl (C=O) groups is 2. The number of halogens is 6. The number of hydrogen-bond acceptors (Lipinski definition) is 5. The van der Waals surface area contributed by atoms with Crippen molar-refractivity contribution in [2.45, 2.75) is 31.7 Å². The summed E-state index contributed by atoms with van der Waals surface area (Å²) < 4.78 is 97.2. The van der Waals surface area contributed by atoms with Crippen LogP contribution in [0.3, 0.4) is 0 Å². The van der Waals surface area contributed by atoms with Crippen molar-refractivity contribution < 1.29 is 50.1 Å². The van der Waals surface area contributed by atoms with Crippen LogP contribution in [0.2, 0.25) is 0 Å². The first-order chi connectivity index (χ1) is 22.7. The van der Waals surface area contributed by atoms with E-state index in [0.29, 0.717) is 35.6 Å². The van der Waals surface area contributed by atoms with E-state index >= 15 is 0 Å². The molecule has 0 aliphatic heterocycles. The molecule has 258 valence electrons. The Bertz CT molecular complexity index is 1690. The van der Waals surface area contributed by atoms with E-state index in [2.05, 4.69) is 4.98 Å². The van der Waals surface area contributed by atoms with Crippen LogP contribution < -0.4 is 9.47 Å². The number of alkyl halides is 6. The Morgan fingerprint density at radius 3 is 2.08 bits per heavy atom. The maximum absolute atomic E-state index is 14.0. The average molecular weight is 680 g/mol. The van der Waals surface area contributed by atoms with Gasteiger partial charge in [-0.3, -0.25) is 9.59 Å². The number of amides is 2. The van der Waals surface area contributed by atoms with Crippen molar-refractivity contribution in [1.29, 1.82) is 0 Å². The van der Waals surface area contributed by atoms with Gasteiger partial charge in [-0.2, -0.15) is 26.3 Å². The Hall–Kier alpha value is -4.72. The molecule has 0 atom stereocenters. The number of fused-ring (bicyclic) bond motifs is 1. The normalized spacial score (nSPS) is 11.9. The fourth-order valence-electron chi connectivity index (χ4n) is 5.26. The molecule has 0 fully saturated rings. The van der Waals surface area contributed by atoms with E-state index in [-0.39, 0.29) is 38.7 Å². The highest BCUT2D eigenvalue weighted by molar-refractivity contribution is 5.97. The number of H-pyrrole nitrogens is 1. The van der Waals surface area contributed by atoms with Crippen molar-refractivity contribution >= 4 is 22.7 Å². The SMILES string of the molecule is COCCCN(CC(=O)N(CCc1c[nH]c2ccccc12)Cc1ccc(OC)c(OC)c1)C(=O)c1cc(C(F)(F)F)cc(C(F)(F)F)c1. The molecule has 1 N–H and O–H groups in total. The number of aromatic nitrogens is 1. The van der Waals surface area contributed by atoms with Crippen molar-refractivity contribution in [3.63, 3.8) is 0 Å². The smallest absolute Gasteiger partial charge is 0.416 e. The molecule has 4 rings (SSSR count). The maximum Gasteiger partial charge on any atom is 0.416 e. The van der Waals surface area contributed by atoms with Gasteiger partial charge in [0, 0.05) is 56.0 Å². The molecule has 1 heterocycles. The first kappa shape index (κ1) is 36.1. The van der Waals surface area contributed by atoms with Crippen LogP contribution in [0.4, 0.5) is 26.3 Å². The fourth-order valence-corrected chi connectivity index (χ4v) is 5.26. The highest BCUT2D eigenvalue weighted by atomic mass is 19.4. The highest BCUT2D eigenvalue weighted by Crippen LogP contribution is 2.36. The first-order valence-corrected chi connectivity index (χ1v) is 14.9. The zero-order valence-electron chi connectivity index (χ0n) is 26.5. The van der Waals surface area contributed by atoms with E-state index in [1.54, 1.807) is 18.2 Å². The van der Waals surface area contributed by atoms with Gasteiger partial charge >= 0.3 is 12.4 Å². The average Bonchev–Trinajstić information content (AvgIpc) is 3.47. The highest BCUT2D eigenvalue weighted by Gasteiger charge is 2.38. The molecule has 8 nitrogen and oxygen atoms in total. The van der Waals surface area contributed by atoms with E-state index < -0.39 is 47.4 Å². The predicted molar refractivity (Wildman–Crippen MR) is 166 cm³/mol. The molecule has 0 aliphatic rings. The van der Waals surface area contributed by atoms with E-state index in [4.69, 9.17) is 14.2 Å². The minimum Gasteiger partial charge on any atom is -0.493 e. The molecule has 0 radical (unpaired) electrons. The van der Waals surface area contributed by atoms with Gasteiger partial charge in [-0.1, -0.05) is 24.3 Å². The molecule has 1 aromatic heterocycles. The van der Waals surface area contributed by atoms with Gasteiger partial charge in [-0.15, -0.1) is 0 Å². The molecule has 0 saturated carbocycles. The molecule has 4 aromatic rings. The van der Waals surface area contributed by atoms with Crippen LogP contribution in [0, 0.1) is 0 Å². The molecule has 0 aliphatic carbocycles. The standard InChI is InChI=1S/C34H35F6N3O5/c1-46-14-6-12-43(32(45)24-16-25(33(35,36)37)18-26(17-24)34(38,39)40)21-31(44)42(20-22-9-10-29(47-2)30(15-22)48-3)13-11-23-19-41-28-8-5-4-7-27(23)28/h4-5,7-10,15-19,41H,6,11-14,20-21H2,1-3H3. The second-order valence-corrected chi connectivity index (χ2v) is 11.0. The summed E-state index contributed by atoms with van der Waals surface area (Å²) in [5, 5.41) is 0.956. The maximum atomic E-state index is 14.0. The Morgan fingerprint density at radius 1 is 0.792 bits per heavy atom. The Morgan fingerprint density at radius 2 is 1.46 bits per heavy atom. The number of aromatic amines is 1. The molecule has 0 bridgehead atoms. The Kier molecular flexibility index (Phi) is 11.6. The number of para-hydroxylation sites is 1. The number of ether oxygens (including phenoxy) is 3. The number of nitrogens with one attached hydrogen (secondary N) is 1. The summed E-state index contributed by atoms with van der Waals surface area (Å²) >= 11 is 0. The summed E-state index contributed by atoms with van der Waals surface area (Å²) in [6.07, 6.45) is -7.89. The summed E-state index contributed by atoms with van der Waals surface area (Å²) in [4.78, 5) is 33.2. The molecule has 3 aromatic carbocycles. The molecular formula is C34H35F6N3O5. The fraction of sp³-hybridized carbons (Fsp3) is 0.353. The van der Waals surface area contributed by atoms with E-state index in [0.717, 1.165) is 21.4 Å². The van der Waals surface area contributed by atoms with Crippen molar-refractivity contribution in [3.05, 3.63) is 94.7 Å². The molecule has 2 amide bonds. The van der Waals surface area contributed by atoms with Gasteiger partial charge in [0.2, 0.25) is 5.91 Å². The number of nitrogens with zero attached hydrogens (tertiary/aromatic N) is 2. The van der Waals surface area contributed by atoms with Crippen LogP contribution in [0.1, 0.15) is 39.0 Å². The summed E-state index contributed by atoms with van der Waals surface area (Å²) in [5.74, 6) is -0.843. The third-order valence-electron chi connectivity index (χ3n) is 7.72. The van der Waals surface area contributed by atoms with Crippen molar-refractivity contribution in [3.8, 4) is 11.5 Å². The first-order valence-electron chi connectivity index (χ1n) is 14.9. The number of hydrogen-bond donors (Lipinski definition) is 1. The van der Waals surface area contributed by atoms with Gasteiger partial charge in [0.1, 0.15) is 6.54 Å². The van der Waals surface area contributed by atoms with Gasteiger partial charge in [0.15, 0.2) is 11.5 Å². The van der Waals surface area contributed by atoms with E-state index in [1.807, 2.05) is 30.5 Å². The lowest BCUT2D eigenvalue weighted by Crippen LogP contribution is -2.44. The summed E-state index contributed by atoms with van der Waals surface area (Å²) in [7, 11) is 4.34. The monoisotopic (exact) mass is 679 g/mol. The summed E-state index contributed by atoms with van der Waals surface area (Å²) in [5.41, 5.74) is -1.61. The van der Waals surface area contributed by atoms with Crippen molar-refractivity contribution in [2.24, 2.45) is 0 Å². The number of carbonyl (C=O) groups excluding carboxylic acids is 2. The zero-order valence-corrected chi connectivity index (χ0v) is 26.5. The Balaban J connectivity index is 1.67. The van der Waals surface area contributed by atoms with Crippen LogP contribution in [0.5, 0.6) is 11.5 Å². The van der Waals surface area contributed by atoms with Gasteiger partial charge in [-0.25, -0.2) is 0 Å². The van der Waals surface area contributed by atoms with Crippen molar-refractivity contribution in [1.82, 2.24) is 14.8 Å². The minimum atomic E-state index is -5.15. The third-order valence-corrected chi connectivity index (χ3v) is 7.72. The van der Waals surface area contributed by atoms with Gasteiger partial charge in [0.25, 0.3) is 5.91 Å². The molecule has 0 spiro atoms. The second kappa shape index (κ2) is 15.5. The summed E-state index contributed by atoms with van der Waals surface area (Å²) in [6, 6.07) is 13.4. The van der Waals surface area contributed by atoms with Crippen LogP contribution >= 0.6 is 0 Å². The molecular weight excluding hydrogens is 644 g/mol. The quantitative estimate of drug-likeness (QED) is 0.115. The lowest BCUT2D eigenvalue weighted by Gasteiger charge is -2.28. The number of benzene rings is 3. The van der Waals surface area contributed by atoms with Crippen LogP contribution in [0.25, 0.3) is 10.9 Å². The predicted octanol–water partition coefficient (Wildman–Crippen LogP) is 6.97. The lowest BCUT2D eigenvalue weighted by atomic mass is 10.0. The van der Waals surface area contributed by atoms with Crippen LogP contribution in [0.15, 0.2) is 66.9 Å². The van der Waals surface area contributed by atoms with Gasteiger partial charge in [0.05, 0.1) is 25.3 Å². The third kappa shape index (κ3) is 9.00. The van der Waals surface area contributed by atoms with E-state index in [1.165, 1.54) is 26.2 Å². The molecule has 14 heteroatoms. The second-order valence-electron chi connectivity index (χ2n) is 11.0. The topological polar surface area (TPSA) is 84.1 Å². The summed E-state index contributed by atoms with van der Waals surface area (Å²) in [6.45, 7) is -0.408. The minimum absolute atomic E-state index is 0.0488. The largest absolute Gasteiger partial charge is 0.493 e. The Labute approximate surface area is 273 Å². The van der Waals surface area contributed by atoms with Crippen molar-refractivity contribution in [2.75, 3.05) is 47.6 Å². The molecule has 0 saturated heterocycles. The lowest BCUT2D eigenvalue weighted by molar-refractivity contribution is -0.143. The van der Waals surface area contributed by atoms with Gasteiger partial charge < -0.3 is 29.0 Å². The van der Waals surface area contributed by atoms with Crippen LogP contribution in [-0.4, -0.2) is 74.2 Å². The number of methoxy groups -OCH3 is 3. The molecule has 0 unspecified atom stereocenters. The van der Waals surface area contributed by atoms with Crippen LogP contribution in [-0.2, 0) is 34.8 Å². The van der Waals surface area contributed by atoms with E-state index in [9.17, 15) is 35.9 Å². The van der Waals surface area contributed by atoms with Gasteiger partial charge in [-0.05, 0) is 60.4 Å². The zero-order chi connectivity index (χ0) is 35.1. The number of rotatable bonds is 14. The molecule has 48 heavy (non-hydrogen) atoms.